The van der Waals surface area contributed by atoms with E-state index in [1.165, 1.54) is 12.1 Å². The molecule has 1 aromatic carbocycles. The number of thioether (sulfide) groups is 1. The summed E-state index contributed by atoms with van der Waals surface area (Å²) < 4.78 is 18.1. The van der Waals surface area contributed by atoms with Crippen LogP contribution in [0.15, 0.2) is 18.2 Å². The van der Waals surface area contributed by atoms with Gasteiger partial charge >= 0.3 is 5.97 Å². The number of aryl methyl sites for hydroxylation is 1. The maximum atomic E-state index is 13.4. The van der Waals surface area contributed by atoms with Crippen molar-refractivity contribution in [1.82, 2.24) is 10.2 Å². The highest BCUT2D eigenvalue weighted by molar-refractivity contribution is 8.14. The molecule has 0 unspecified atom stereocenters. The zero-order valence-corrected chi connectivity index (χ0v) is 13.7. The number of benzene rings is 1. The summed E-state index contributed by atoms with van der Waals surface area (Å²) in [6.45, 7) is 1.15. The standard InChI is InChI=1S/C15H15FN2O5S/c1-9-2-3-10(6-11(9)16)14(21)23-7-12(19)17-4-5-18-13(20)8-24-15(18)22/h2-3,6H,4-5,7-8H2,1H3,(H,17,19). The summed E-state index contributed by atoms with van der Waals surface area (Å²) in [5.74, 6) is -2.12. The smallest absolute Gasteiger partial charge is 0.338 e. The van der Waals surface area contributed by atoms with Crippen molar-refractivity contribution in [2.75, 3.05) is 25.4 Å². The second kappa shape index (κ2) is 7.91. The molecule has 0 aromatic heterocycles. The molecule has 7 nitrogen and oxygen atoms in total. The van der Waals surface area contributed by atoms with Crippen molar-refractivity contribution in [3.8, 4) is 0 Å². The molecule has 0 atom stereocenters. The number of halogens is 1. The fraction of sp³-hybridized carbons (Fsp3) is 0.333. The van der Waals surface area contributed by atoms with Crippen LogP contribution in [-0.4, -0.2) is 53.4 Å². The van der Waals surface area contributed by atoms with Crippen LogP contribution in [0.3, 0.4) is 0 Å². The van der Waals surface area contributed by atoms with Gasteiger partial charge in [-0.05, 0) is 24.6 Å². The first-order valence-electron chi connectivity index (χ1n) is 7.05. The molecule has 1 saturated heterocycles. The van der Waals surface area contributed by atoms with Crippen LogP contribution in [0.2, 0.25) is 0 Å². The highest BCUT2D eigenvalue weighted by atomic mass is 32.2. The minimum atomic E-state index is -0.814. The average molecular weight is 354 g/mol. The average Bonchev–Trinajstić information content (AvgIpc) is 2.87. The van der Waals surface area contributed by atoms with Crippen molar-refractivity contribution >= 4 is 34.8 Å². The first-order valence-corrected chi connectivity index (χ1v) is 8.04. The second-order valence-corrected chi connectivity index (χ2v) is 5.92. The van der Waals surface area contributed by atoms with Gasteiger partial charge in [0.1, 0.15) is 5.82 Å². The highest BCUT2D eigenvalue weighted by Crippen LogP contribution is 2.17. The Hall–Kier alpha value is -2.42. The van der Waals surface area contributed by atoms with E-state index in [9.17, 15) is 23.6 Å². The van der Waals surface area contributed by atoms with Gasteiger partial charge in [-0.25, -0.2) is 9.18 Å². The summed E-state index contributed by atoms with van der Waals surface area (Å²) >= 11 is 0.911. The Balaban J connectivity index is 1.72. The van der Waals surface area contributed by atoms with Gasteiger partial charge in [0, 0.05) is 13.1 Å². The topological polar surface area (TPSA) is 92.8 Å². The molecule has 0 aliphatic carbocycles. The zero-order valence-electron chi connectivity index (χ0n) is 12.8. The third kappa shape index (κ3) is 4.54. The fourth-order valence-corrected chi connectivity index (χ4v) is 2.64. The van der Waals surface area contributed by atoms with Crippen molar-refractivity contribution in [1.29, 1.82) is 0 Å². The van der Waals surface area contributed by atoms with Crippen molar-refractivity contribution < 1.29 is 28.3 Å². The summed E-state index contributed by atoms with van der Waals surface area (Å²) in [4.78, 5) is 47.0. The minimum absolute atomic E-state index is 0.0104. The third-order valence-electron chi connectivity index (χ3n) is 3.24. The maximum absolute atomic E-state index is 13.4. The summed E-state index contributed by atoms with van der Waals surface area (Å²) in [6, 6.07) is 3.88. The predicted octanol–water partition coefficient (Wildman–Crippen LogP) is 1.10. The lowest BCUT2D eigenvalue weighted by Gasteiger charge is -2.13. The van der Waals surface area contributed by atoms with Gasteiger partial charge in [0.2, 0.25) is 5.91 Å². The largest absolute Gasteiger partial charge is 0.452 e. The number of carbonyl (C=O) groups is 4. The van der Waals surface area contributed by atoms with E-state index in [0.29, 0.717) is 5.56 Å². The summed E-state index contributed by atoms with van der Waals surface area (Å²) in [5, 5.41) is 2.09. The van der Waals surface area contributed by atoms with Gasteiger partial charge in [0.05, 0.1) is 11.3 Å². The van der Waals surface area contributed by atoms with E-state index in [4.69, 9.17) is 4.74 Å². The molecule has 1 aromatic rings. The fourth-order valence-electron chi connectivity index (χ4n) is 1.89. The molecule has 0 saturated carbocycles. The van der Waals surface area contributed by atoms with Crippen molar-refractivity contribution in [2.45, 2.75) is 6.92 Å². The number of hydrogen-bond acceptors (Lipinski definition) is 6. The van der Waals surface area contributed by atoms with Gasteiger partial charge in [-0.2, -0.15) is 0 Å². The summed E-state index contributed by atoms with van der Waals surface area (Å²) in [5.41, 5.74) is 0.407. The number of nitrogens with zero attached hydrogens (tertiary/aromatic N) is 1. The Morgan fingerprint density at radius 2 is 2.12 bits per heavy atom. The van der Waals surface area contributed by atoms with E-state index in [1.54, 1.807) is 6.92 Å². The third-order valence-corrected chi connectivity index (χ3v) is 4.10. The molecule has 2 rings (SSSR count). The van der Waals surface area contributed by atoms with Crippen molar-refractivity contribution in [3.63, 3.8) is 0 Å². The minimum Gasteiger partial charge on any atom is -0.452 e. The quantitative estimate of drug-likeness (QED) is 0.769. The van der Waals surface area contributed by atoms with E-state index in [2.05, 4.69) is 5.32 Å². The van der Waals surface area contributed by atoms with E-state index < -0.39 is 24.3 Å². The van der Waals surface area contributed by atoms with Gasteiger partial charge in [-0.15, -0.1) is 0 Å². The lowest BCUT2D eigenvalue weighted by atomic mass is 10.1. The van der Waals surface area contributed by atoms with Crippen molar-refractivity contribution in [2.24, 2.45) is 0 Å². The van der Waals surface area contributed by atoms with E-state index >= 15 is 0 Å². The molecule has 128 valence electrons. The lowest BCUT2D eigenvalue weighted by molar-refractivity contribution is -0.126. The Morgan fingerprint density at radius 1 is 1.38 bits per heavy atom. The molecular weight excluding hydrogens is 339 g/mol. The number of hydrogen-bond donors (Lipinski definition) is 1. The van der Waals surface area contributed by atoms with Crippen LogP contribution < -0.4 is 5.32 Å². The number of ether oxygens (including phenoxy) is 1. The lowest BCUT2D eigenvalue weighted by Crippen LogP contribution is -2.38. The van der Waals surface area contributed by atoms with Crippen molar-refractivity contribution in [3.05, 3.63) is 35.1 Å². The first-order chi connectivity index (χ1) is 11.4. The van der Waals surface area contributed by atoms with Gasteiger partial charge in [-0.3, -0.25) is 19.3 Å². The predicted molar refractivity (Wildman–Crippen MR) is 84.0 cm³/mol. The van der Waals surface area contributed by atoms with E-state index in [-0.39, 0.29) is 35.6 Å². The van der Waals surface area contributed by atoms with Gasteiger partial charge in [0.25, 0.3) is 11.1 Å². The zero-order chi connectivity index (χ0) is 17.7. The van der Waals surface area contributed by atoms with Gasteiger partial charge in [-0.1, -0.05) is 17.8 Å². The Labute approximate surface area is 141 Å². The Bertz CT molecular complexity index is 678. The molecule has 1 fully saturated rings. The van der Waals surface area contributed by atoms with Crippen LogP contribution in [0.1, 0.15) is 15.9 Å². The molecule has 3 amide bonds. The molecule has 1 aliphatic heterocycles. The second-order valence-electron chi connectivity index (χ2n) is 4.99. The number of esters is 1. The first kappa shape index (κ1) is 17.9. The molecule has 9 heteroatoms. The highest BCUT2D eigenvalue weighted by Gasteiger charge is 2.29. The van der Waals surface area contributed by atoms with Crippen LogP contribution in [0, 0.1) is 12.7 Å². The molecule has 0 radical (unpaired) electrons. The molecule has 0 bridgehead atoms. The molecule has 24 heavy (non-hydrogen) atoms. The van der Waals surface area contributed by atoms with Crippen LogP contribution >= 0.6 is 11.8 Å². The molecule has 1 heterocycles. The van der Waals surface area contributed by atoms with Crippen LogP contribution in [-0.2, 0) is 14.3 Å². The summed E-state index contributed by atoms with van der Waals surface area (Å²) in [6.07, 6.45) is 0. The van der Waals surface area contributed by atoms with E-state index in [1.807, 2.05) is 0 Å². The van der Waals surface area contributed by atoms with Gasteiger partial charge in [0.15, 0.2) is 6.61 Å². The number of carbonyl (C=O) groups excluding carboxylic acids is 4. The van der Waals surface area contributed by atoms with Crippen LogP contribution in [0.25, 0.3) is 0 Å². The normalized spacial score (nSPS) is 14.0. The number of rotatable bonds is 6. The molecule has 0 spiro atoms. The number of amides is 3. The Morgan fingerprint density at radius 3 is 2.75 bits per heavy atom. The number of nitrogens with one attached hydrogen (secondary N) is 1. The molecular formula is C15H15FN2O5S. The molecule has 1 N–H and O–H groups in total. The summed E-state index contributed by atoms with van der Waals surface area (Å²) in [7, 11) is 0. The van der Waals surface area contributed by atoms with Crippen LogP contribution in [0.4, 0.5) is 9.18 Å². The van der Waals surface area contributed by atoms with Crippen LogP contribution in [0.5, 0.6) is 0 Å². The number of imide groups is 1. The van der Waals surface area contributed by atoms with E-state index in [0.717, 1.165) is 22.7 Å². The Kier molecular flexibility index (Phi) is 5.91. The SMILES string of the molecule is Cc1ccc(C(=O)OCC(=O)NCCN2C(=O)CSC2=O)cc1F. The van der Waals surface area contributed by atoms with Gasteiger partial charge < -0.3 is 10.1 Å². The monoisotopic (exact) mass is 354 g/mol. The molecule has 1 aliphatic rings. The maximum Gasteiger partial charge on any atom is 0.338 e.